The fraction of sp³-hybridized carbons (Fsp3) is 0.281. The molecule has 3 aliphatic rings. The van der Waals surface area contributed by atoms with Gasteiger partial charge in [0.2, 0.25) is 5.91 Å². The summed E-state index contributed by atoms with van der Waals surface area (Å²) < 4.78 is 19.0. The zero-order valence-electron chi connectivity index (χ0n) is 22.4. The summed E-state index contributed by atoms with van der Waals surface area (Å²) in [7, 11) is 0. The van der Waals surface area contributed by atoms with Gasteiger partial charge in [0.25, 0.3) is 11.8 Å². The summed E-state index contributed by atoms with van der Waals surface area (Å²) >= 11 is 0. The second-order valence-corrected chi connectivity index (χ2v) is 10.9. The van der Waals surface area contributed by atoms with Gasteiger partial charge in [-0.25, -0.2) is 4.39 Å². The Hall–Kier alpha value is -4.34. The van der Waals surface area contributed by atoms with Gasteiger partial charge in [-0.1, -0.05) is 24.8 Å². The number of benzene rings is 3. The second-order valence-electron chi connectivity index (χ2n) is 10.9. The molecule has 2 N–H and O–H groups in total. The molecule has 3 heterocycles. The number of halogens is 1. The summed E-state index contributed by atoms with van der Waals surface area (Å²) in [5.74, 6) is -0.519. The van der Waals surface area contributed by atoms with E-state index in [0.29, 0.717) is 68.1 Å². The van der Waals surface area contributed by atoms with E-state index < -0.39 is 29.4 Å². The third-order valence-corrected chi connectivity index (χ3v) is 8.13. The summed E-state index contributed by atoms with van der Waals surface area (Å²) in [6.07, 6.45) is 1.74. The Bertz CT molecular complexity index is 1550. The quantitative estimate of drug-likeness (QED) is 0.435. The SMILES string of the molecule is C=C1CCC(N2C(=O)c3ccc(C4(O)CCN(Cc5cccc(Oc6ccc(F)cc6)c5)CC4)cc3C2=O)C(=O)N1. The highest BCUT2D eigenvalue weighted by atomic mass is 19.1. The molecule has 3 aliphatic heterocycles. The minimum Gasteiger partial charge on any atom is -0.457 e. The van der Waals surface area contributed by atoms with Crippen molar-refractivity contribution in [3.8, 4) is 11.5 Å². The Morgan fingerprint density at radius 3 is 2.41 bits per heavy atom. The molecule has 0 aromatic heterocycles. The lowest BCUT2D eigenvalue weighted by atomic mass is 9.83. The zero-order chi connectivity index (χ0) is 28.7. The van der Waals surface area contributed by atoms with Gasteiger partial charge in [0, 0.05) is 25.3 Å². The van der Waals surface area contributed by atoms with Crippen molar-refractivity contribution >= 4 is 17.7 Å². The number of hydrogen-bond acceptors (Lipinski definition) is 6. The molecule has 2 fully saturated rings. The van der Waals surface area contributed by atoms with Gasteiger partial charge in [0.15, 0.2) is 0 Å². The fourth-order valence-corrected chi connectivity index (χ4v) is 5.81. The minimum atomic E-state index is -1.14. The largest absolute Gasteiger partial charge is 0.457 e. The van der Waals surface area contributed by atoms with Gasteiger partial charge in [0.05, 0.1) is 16.7 Å². The number of piperidine rings is 2. The van der Waals surface area contributed by atoms with Crippen LogP contribution in [0.5, 0.6) is 11.5 Å². The number of allylic oxidation sites excluding steroid dienone is 1. The molecule has 0 bridgehead atoms. The van der Waals surface area contributed by atoms with E-state index in [1.165, 1.54) is 12.1 Å². The fourth-order valence-electron chi connectivity index (χ4n) is 5.81. The van der Waals surface area contributed by atoms with Crippen LogP contribution in [0, 0.1) is 5.82 Å². The molecule has 0 saturated carbocycles. The van der Waals surface area contributed by atoms with Crippen LogP contribution < -0.4 is 10.1 Å². The molecule has 1 unspecified atom stereocenters. The predicted molar refractivity (Wildman–Crippen MR) is 149 cm³/mol. The summed E-state index contributed by atoms with van der Waals surface area (Å²) in [6.45, 7) is 5.68. The van der Waals surface area contributed by atoms with Gasteiger partial charge >= 0.3 is 0 Å². The van der Waals surface area contributed by atoms with Crippen molar-refractivity contribution in [3.05, 3.63) is 107 Å². The van der Waals surface area contributed by atoms with Gasteiger partial charge < -0.3 is 15.2 Å². The van der Waals surface area contributed by atoms with E-state index in [-0.39, 0.29) is 16.9 Å². The zero-order valence-corrected chi connectivity index (χ0v) is 22.4. The van der Waals surface area contributed by atoms with Crippen LogP contribution in [0.25, 0.3) is 0 Å². The molecule has 1 atom stereocenters. The average molecular weight is 556 g/mol. The van der Waals surface area contributed by atoms with Crippen molar-refractivity contribution in [1.82, 2.24) is 15.1 Å². The number of carbonyl (C=O) groups excluding carboxylic acids is 3. The smallest absolute Gasteiger partial charge is 0.262 e. The van der Waals surface area contributed by atoms with Crippen LogP contribution in [0.15, 0.2) is 79.0 Å². The van der Waals surface area contributed by atoms with Crippen molar-refractivity contribution in [2.75, 3.05) is 13.1 Å². The molecule has 9 heteroatoms. The number of rotatable bonds is 6. The van der Waals surface area contributed by atoms with E-state index >= 15 is 0 Å². The Morgan fingerprint density at radius 2 is 1.68 bits per heavy atom. The third-order valence-electron chi connectivity index (χ3n) is 8.13. The van der Waals surface area contributed by atoms with Crippen LogP contribution in [0.4, 0.5) is 4.39 Å². The van der Waals surface area contributed by atoms with Gasteiger partial charge in [0.1, 0.15) is 23.4 Å². The average Bonchev–Trinajstić information content (AvgIpc) is 3.21. The number of ether oxygens (including phenoxy) is 1. The summed E-state index contributed by atoms with van der Waals surface area (Å²) in [4.78, 5) is 42.1. The monoisotopic (exact) mass is 555 g/mol. The molecule has 0 spiro atoms. The number of amides is 3. The number of aliphatic hydroxyl groups is 1. The first-order valence-corrected chi connectivity index (χ1v) is 13.7. The lowest BCUT2D eigenvalue weighted by molar-refractivity contribution is -0.125. The van der Waals surface area contributed by atoms with E-state index in [4.69, 9.17) is 4.74 Å². The van der Waals surface area contributed by atoms with Crippen LogP contribution >= 0.6 is 0 Å². The maximum atomic E-state index is 13.3. The van der Waals surface area contributed by atoms with Crippen molar-refractivity contribution in [1.29, 1.82) is 0 Å². The normalized spacial score (nSPS) is 20.6. The maximum Gasteiger partial charge on any atom is 0.262 e. The van der Waals surface area contributed by atoms with Gasteiger partial charge in [-0.3, -0.25) is 24.2 Å². The van der Waals surface area contributed by atoms with E-state index in [1.54, 1.807) is 30.3 Å². The number of imide groups is 1. The molecule has 2 saturated heterocycles. The molecular weight excluding hydrogens is 525 g/mol. The van der Waals surface area contributed by atoms with Crippen molar-refractivity contribution in [3.63, 3.8) is 0 Å². The first-order chi connectivity index (χ1) is 19.7. The van der Waals surface area contributed by atoms with E-state index in [0.717, 1.165) is 10.5 Å². The van der Waals surface area contributed by atoms with Crippen LogP contribution in [0.2, 0.25) is 0 Å². The first kappa shape index (κ1) is 26.9. The predicted octanol–water partition coefficient (Wildman–Crippen LogP) is 4.49. The Labute approximate surface area is 237 Å². The molecule has 41 heavy (non-hydrogen) atoms. The van der Waals surface area contributed by atoms with Crippen molar-refractivity contribution < 1.29 is 28.6 Å². The number of hydrogen-bond donors (Lipinski definition) is 2. The molecule has 210 valence electrons. The van der Waals surface area contributed by atoms with Crippen LogP contribution in [-0.2, 0) is 16.9 Å². The number of carbonyl (C=O) groups is 3. The van der Waals surface area contributed by atoms with Crippen LogP contribution in [-0.4, -0.2) is 51.8 Å². The highest BCUT2D eigenvalue weighted by Gasteiger charge is 2.45. The maximum absolute atomic E-state index is 13.3. The number of nitrogens with zero attached hydrogens (tertiary/aromatic N) is 2. The van der Waals surface area contributed by atoms with E-state index in [1.807, 2.05) is 24.3 Å². The molecule has 8 nitrogen and oxygen atoms in total. The van der Waals surface area contributed by atoms with E-state index in [2.05, 4.69) is 16.8 Å². The number of fused-ring (bicyclic) bond motifs is 1. The Kier molecular flexibility index (Phi) is 6.93. The molecule has 6 rings (SSSR count). The topological polar surface area (TPSA) is 99.2 Å². The molecule has 0 aliphatic carbocycles. The van der Waals surface area contributed by atoms with Crippen LogP contribution in [0.3, 0.4) is 0 Å². The standard InChI is InChI=1S/C32H30FN3O5/c1-20-5-12-28(29(37)34-20)36-30(38)26-11-6-22(18-27(26)31(36)39)32(40)13-15-35(16-14-32)19-21-3-2-4-25(17-21)41-24-9-7-23(33)8-10-24/h2-4,6-11,17-18,28,40H,1,5,12-16,19H2,(H,34,37). The number of likely N-dealkylation sites (tertiary alicyclic amines) is 1. The van der Waals surface area contributed by atoms with Gasteiger partial charge in [-0.15, -0.1) is 0 Å². The summed E-state index contributed by atoms with van der Waals surface area (Å²) in [5, 5.41) is 14.2. The van der Waals surface area contributed by atoms with Crippen molar-refractivity contribution in [2.24, 2.45) is 0 Å². The molecule has 3 amide bonds. The second kappa shape index (κ2) is 10.6. The molecule has 0 radical (unpaired) electrons. The van der Waals surface area contributed by atoms with Gasteiger partial charge in [-0.05, 0) is 85.3 Å². The third kappa shape index (κ3) is 5.26. The Morgan fingerprint density at radius 1 is 0.951 bits per heavy atom. The lowest BCUT2D eigenvalue weighted by Gasteiger charge is -2.38. The highest BCUT2D eigenvalue weighted by Crippen LogP contribution is 2.37. The van der Waals surface area contributed by atoms with Crippen LogP contribution in [0.1, 0.15) is 57.5 Å². The minimum absolute atomic E-state index is 0.221. The summed E-state index contributed by atoms with van der Waals surface area (Å²) in [6, 6.07) is 17.6. The molecule has 3 aromatic rings. The Balaban J connectivity index is 1.11. The highest BCUT2D eigenvalue weighted by molar-refractivity contribution is 6.23. The summed E-state index contributed by atoms with van der Waals surface area (Å²) in [5.41, 5.74) is 1.54. The first-order valence-electron chi connectivity index (χ1n) is 13.7. The number of nitrogens with one attached hydrogen (secondary N) is 1. The molecule has 3 aromatic carbocycles. The van der Waals surface area contributed by atoms with Crippen molar-refractivity contribution in [2.45, 2.75) is 43.9 Å². The lowest BCUT2D eigenvalue weighted by Crippen LogP contribution is -2.51. The molecular formula is C32H30FN3O5. The van der Waals surface area contributed by atoms with E-state index in [9.17, 15) is 23.9 Å². The van der Waals surface area contributed by atoms with Gasteiger partial charge in [-0.2, -0.15) is 0 Å².